The normalized spacial score (nSPS) is 21.9. The fraction of sp³-hybridized carbons (Fsp3) is 0.300. The van der Waals surface area contributed by atoms with Gasteiger partial charge in [0.1, 0.15) is 0 Å². The van der Waals surface area contributed by atoms with Crippen LogP contribution in [-0.2, 0) is 4.79 Å². The Bertz CT molecular complexity index is 773. The molecule has 2 N–H and O–H groups in total. The predicted molar refractivity (Wildman–Crippen MR) is 97.8 cm³/mol. The molecule has 25 heavy (non-hydrogen) atoms. The number of amides is 3. The maximum atomic E-state index is 12.1. The fourth-order valence-corrected chi connectivity index (χ4v) is 3.40. The molecule has 0 bridgehead atoms. The number of rotatable bonds is 4. The van der Waals surface area contributed by atoms with Crippen molar-refractivity contribution in [1.29, 1.82) is 0 Å². The lowest BCUT2D eigenvalue weighted by molar-refractivity contribution is -0.117. The largest absolute Gasteiger partial charge is 0.334 e. The Balaban J connectivity index is 1.30. The maximum absolute atomic E-state index is 12.1. The van der Waals surface area contributed by atoms with E-state index in [1.807, 2.05) is 42.5 Å². The predicted octanol–water partition coefficient (Wildman–Crippen LogP) is 3.49. The van der Waals surface area contributed by atoms with E-state index in [9.17, 15) is 9.59 Å². The molecule has 128 valence electrons. The molecule has 2 unspecified atom stereocenters. The van der Waals surface area contributed by atoms with Gasteiger partial charge >= 0.3 is 6.03 Å². The summed E-state index contributed by atoms with van der Waals surface area (Å²) >= 11 is 0. The summed E-state index contributed by atoms with van der Waals surface area (Å²) in [6.07, 6.45) is 2.50. The molecule has 5 heteroatoms. The van der Waals surface area contributed by atoms with Crippen LogP contribution < -0.4 is 15.5 Å². The summed E-state index contributed by atoms with van der Waals surface area (Å²) in [6, 6.07) is 17.7. The van der Waals surface area contributed by atoms with Gasteiger partial charge in [-0.25, -0.2) is 4.79 Å². The molecule has 1 heterocycles. The molecule has 2 fully saturated rings. The number of carbonyl (C=O) groups is 2. The second-order valence-corrected chi connectivity index (χ2v) is 6.65. The molecule has 2 aromatic rings. The molecule has 5 nitrogen and oxygen atoms in total. The van der Waals surface area contributed by atoms with E-state index >= 15 is 0 Å². The number of nitrogens with one attached hydrogen (secondary N) is 2. The average molecular weight is 335 g/mol. The van der Waals surface area contributed by atoms with Crippen LogP contribution in [0.15, 0.2) is 54.6 Å². The van der Waals surface area contributed by atoms with Gasteiger partial charge in [-0.15, -0.1) is 0 Å². The number of hydrogen-bond acceptors (Lipinski definition) is 2. The Hall–Kier alpha value is -2.82. The topological polar surface area (TPSA) is 61.4 Å². The highest BCUT2D eigenvalue weighted by Crippen LogP contribution is 2.40. The van der Waals surface area contributed by atoms with Crippen LogP contribution in [0.5, 0.6) is 0 Å². The number of urea groups is 1. The second-order valence-electron chi connectivity index (χ2n) is 6.65. The van der Waals surface area contributed by atoms with Gasteiger partial charge in [0.05, 0.1) is 0 Å². The van der Waals surface area contributed by atoms with Crippen LogP contribution in [0.2, 0.25) is 0 Å². The van der Waals surface area contributed by atoms with Gasteiger partial charge < -0.3 is 15.5 Å². The van der Waals surface area contributed by atoms with Gasteiger partial charge in [-0.2, -0.15) is 0 Å². The standard InChI is InChI=1S/C20H21N3O2/c24-19-7-4-12-23(19)16-10-8-15(9-11-16)21-20(25)22-18-13-17(18)14-5-2-1-3-6-14/h1-3,5-6,8-11,17-18H,4,7,12-13H2,(H2,21,22,25). The third kappa shape index (κ3) is 3.50. The second kappa shape index (κ2) is 6.59. The zero-order chi connectivity index (χ0) is 17.2. The molecule has 0 aromatic heterocycles. The van der Waals surface area contributed by atoms with E-state index < -0.39 is 0 Å². The Labute approximate surface area is 147 Å². The van der Waals surface area contributed by atoms with Gasteiger partial charge in [0.2, 0.25) is 5.91 Å². The van der Waals surface area contributed by atoms with Crippen LogP contribution in [0, 0.1) is 0 Å². The van der Waals surface area contributed by atoms with Gasteiger partial charge in [0.25, 0.3) is 0 Å². The van der Waals surface area contributed by atoms with Gasteiger partial charge in [-0.3, -0.25) is 4.79 Å². The van der Waals surface area contributed by atoms with Crippen molar-refractivity contribution in [3.05, 3.63) is 60.2 Å². The first kappa shape index (κ1) is 15.7. The number of carbonyl (C=O) groups excluding carboxylic acids is 2. The molecule has 0 spiro atoms. The van der Waals surface area contributed by atoms with E-state index in [2.05, 4.69) is 22.8 Å². The van der Waals surface area contributed by atoms with Crippen molar-refractivity contribution in [3.8, 4) is 0 Å². The highest BCUT2D eigenvalue weighted by Gasteiger charge is 2.39. The van der Waals surface area contributed by atoms with Crippen molar-refractivity contribution in [1.82, 2.24) is 5.32 Å². The molecule has 1 aliphatic heterocycles. The molecule has 2 atom stereocenters. The highest BCUT2D eigenvalue weighted by molar-refractivity contribution is 5.96. The van der Waals surface area contributed by atoms with Crippen molar-refractivity contribution in [3.63, 3.8) is 0 Å². The summed E-state index contributed by atoms with van der Waals surface area (Å²) in [5.41, 5.74) is 2.89. The summed E-state index contributed by atoms with van der Waals surface area (Å²) in [5.74, 6) is 0.578. The number of anilines is 2. The summed E-state index contributed by atoms with van der Waals surface area (Å²) in [6.45, 7) is 0.772. The minimum atomic E-state index is -0.187. The third-order valence-corrected chi connectivity index (χ3v) is 4.84. The summed E-state index contributed by atoms with van der Waals surface area (Å²) in [5, 5.41) is 5.87. The lowest BCUT2D eigenvalue weighted by Crippen LogP contribution is -2.31. The van der Waals surface area contributed by atoms with Crippen LogP contribution in [0.25, 0.3) is 0 Å². The molecule has 4 rings (SSSR count). The van der Waals surface area contributed by atoms with E-state index in [0.29, 0.717) is 12.3 Å². The van der Waals surface area contributed by atoms with Crippen LogP contribution in [0.3, 0.4) is 0 Å². The minimum absolute atomic E-state index is 0.166. The third-order valence-electron chi connectivity index (χ3n) is 4.84. The Morgan fingerprint density at radius 2 is 1.80 bits per heavy atom. The number of hydrogen-bond donors (Lipinski definition) is 2. The molecule has 1 saturated heterocycles. The SMILES string of the molecule is O=C(Nc1ccc(N2CCCC2=O)cc1)NC1CC1c1ccccc1. The van der Waals surface area contributed by atoms with Crippen molar-refractivity contribution in [2.45, 2.75) is 31.2 Å². The quantitative estimate of drug-likeness (QED) is 0.898. The summed E-state index contributed by atoms with van der Waals surface area (Å²) in [7, 11) is 0. The van der Waals surface area contributed by atoms with E-state index in [0.717, 1.165) is 30.8 Å². The first-order valence-electron chi connectivity index (χ1n) is 8.73. The van der Waals surface area contributed by atoms with Gasteiger partial charge in [0, 0.05) is 36.3 Å². The average Bonchev–Trinajstić information content (AvgIpc) is 3.26. The molecule has 2 aliphatic rings. The highest BCUT2D eigenvalue weighted by atomic mass is 16.2. The van der Waals surface area contributed by atoms with Crippen LogP contribution in [-0.4, -0.2) is 24.5 Å². The van der Waals surface area contributed by atoms with Crippen LogP contribution in [0.1, 0.15) is 30.7 Å². The minimum Gasteiger partial charge on any atom is -0.334 e. The van der Waals surface area contributed by atoms with Crippen molar-refractivity contribution in [2.24, 2.45) is 0 Å². The molecular weight excluding hydrogens is 314 g/mol. The monoisotopic (exact) mass is 335 g/mol. The zero-order valence-corrected chi connectivity index (χ0v) is 13.9. The fourth-order valence-electron chi connectivity index (χ4n) is 3.40. The van der Waals surface area contributed by atoms with Crippen LogP contribution >= 0.6 is 0 Å². The molecule has 0 radical (unpaired) electrons. The number of nitrogens with zero attached hydrogens (tertiary/aromatic N) is 1. The maximum Gasteiger partial charge on any atom is 0.319 e. The summed E-state index contributed by atoms with van der Waals surface area (Å²) < 4.78 is 0. The lowest BCUT2D eigenvalue weighted by Gasteiger charge is -2.16. The first-order chi connectivity index (χ1) is 12.2. The molecule has 1 saturated carbocycles. The van der Waals surface area contributed by atoms with Crippen molar-refractivity contribution in [2.75, 3.05) is 16.8 Å². The first-order valence-corrected chi connectivity index (χ1v) is 8.73. The molecule has 3 amide bonds. The lowest BCUT2D eigenvalue weighted by atomic mass is 10.1. The van der Waals surface area contributed by atoms with Crippen molar-refractivity contribution < 1.29 is 9.59 Å². The smallest absolute Gasteiger partial charge is 0.319 e. The van der Waals surface area contributed by atoms with Gasteiger partial charge in [0.15, 0.2) is 0 Å². The number of benzene rings is 2. The Morgan fingerprint density at radius 1 is 1.04 bits per heavy atom. The van der Waals surface area contributed by atoms with E-state index in [1.165, 1.54) is 5.56 Å². The van der Waals surface area contributed by atoms with E-state index in [1.54, 1.807) is 4.90 Å². The van der Waals surface area contributed by atoms with E-state index in [4.69, 9.17) is 0 Å². The Kier molecular flexibility index (Phi) is 4.14. The van der Waals surface area contributed by atoms with E-state index in [-0.39, 0.29) is 18.0 Å². The van der Waals surface area contributed by atoms with Gasteiger partial charge in [-0.05, 0) is 42.7 Å². The zero-order valence-electron chi connectivity index (χ0n) is 13.9. The molecule has 2 aromatic carbocycles. The van der Waals surface area contributed by atoms with Crippen LogP contribution in [0.4, 0.5) is 16.2 Å². The van der Waals surface area contributed by atoms with Crippen molar-refractivity contribution >= 4 is 23.3 Å². The summed E-state index contributed by atoms with van der Waals surface area (Å²) in [4.78, 5) is 25.7. The molecule has 1 aliphatic carbocycles. The Morgan fingerprint density at radius 3 is 2.48 bits per heavy atom. The molecular formula is C20H21N3O2. The van der Waals surface area contributed by atoms with Gasteiger partial charge in [-0.1, -0.05) is 30.3 Å².